The molecular weight excluding hydrogens is 415 g/mol. The fourth-order valence-electron chi connectivity index (χ4n) is 3.50. The molecule has 2 aromatic rings. The Morgan fingerprint density at radius 3 is 2.79 bits per heavy atom. The predicted octanol–water partition coefficient (Wildman–Crippen LogP) is 3.44. The van der Waals surface area contributed by atoms with Gasteiger partial charge in [-0.25, -0.2) is 4.98 Å². The highest BCUT2D eigenvalue weighted by Crippen LogP contribution is 2.29. The minimum Gasteiger partial charge on any atom is -0.351 e. The molecule has 1 aromatic heterocycles. The molecular formula is C20H30Cl2N4OS. The first kappa shape index (κ1) is 24.8. The van der Waals surface area contributed by atoms with Crippen molar-refractivity contribution in [2.45, 2.75) is 56.5 Å². The highest BCUT2D eigenvalue weighted by atomic mass is 35.5. The Morgan fingerprint density at radius 1 is 1.32 bits per heavy atom. The molecule has 3 N–H and O–H groups in total. The van der Waals surface area contributed by atoms with Gasteiger partial charge in [-0.15, -0.1) is 24.8 Å². The van der Waals surface area contributed by atoms with E-state index in [4.69, 9.17) is 5.73 Å². The van der Waals surface area contributed by atoms with E-state index in [9.17, 15) is 4.79 Å². The molecule has 0 aliphatic heterocycles. The minimum atomic E-state index is -0.553. The van der Waals surface area contributed by atoms with Crippen molar-refractivity contribution in [2.75, 3.05) is 5.75 Å². The van der Waals surface area contributed by atoms with Crippen molar-refractivity contribution in [2.24, 2.45) is 5.73 Å². The first-order chi connectivity index (χ1) is 12.7. The normalized spacial score (nSPS) is 19.4. The standard InChI is InChI=1S/C20H28N4OS.2ClH/c1-2-26-19-10-6-9-18(19)23-20(25)17(21)11-16-13-24(14-22-16)12-15-7-4-3-5-8-15;;/h3-5,7-8,13-14,17-19H,2,6,9-12,21H2,1H3,(H,23,25);2*1H/t17-,18?,19?;;/m0../s1. The molecule has 1 saturated carbocycles. The van der Waals surface area contributed by atoms with Crippen LogP contribution in [0.5, 0.6) is 0 Å². The van der Waals surface area contributed by atoms with Crippen LogP contribution in [-0.4, -0.2) is 38.5 Å². The third-order valence-corrected chi connectivity index (χ3v) is 6.15. The molecule has 1 heterocycles. The number of imidazole rings is 1. The van der Waals surface area contributed by atoms with Crippen molar-refractivity contribution < 1.29 is 4.79 Å². The molecule has 156 valence electrons. The molecule has 2 unspecified atom stereocenters. The Hall–Kier alpha value is -1.21. The van der Waals surface area contributed by atoms with Gasteiger partial charge in [0.15, 0.2) is 0 Å². The van der Waals surface area contributed by atoms with Gasteiger partial charge in [0.2, 0.25) is 5.91 Å². The largest absolute Gasteiger partial charge is 0.351 e. The van der Waals surface area contributed by atoms with Crippen LogP contribution < -0.4 is 11.1 Å². The van der Waals surface area contributed by atoms with Gasteiger partial charge in [0.05, 0.1) is 18.1 Å². The second-order valence-corrected chi connectivity index (χ2v) is 8.39. The van der Waals surface area contributed by atoms with Crippen molar-refractivity contribution in [1.29, 1.82) is 0 Å². The summed E-state index contributed by atoms with van der Waals surface area (Å²) in [6.45, 7) is 2.94. The maximum Gasteiger partial charge on any atom is 0.237 e. The summed E-state index contributed by atoms with van der Waals surface area (Å²) in [6.07, 6.45) is 7.67. The number of amides is 1. The minimum absolute atomic E-state index is 0. The van der Waals surface area contributed by atoms with Crippen molar-refractivity contribution in [3.63, 3.8) is 0 Å². The number of nitrogens with zero attached hydrogens (tertiary/aromatic N) is 2. The average Bonchev–Trinajstić information content (AvgIpc) is 3.26. The molecule has 1 aromatic carbocycles. The topological polar surface area (TPSA) is 72.9 Å². The number of carbonyl (C=O) groups is 1. The Bertz CT molecular complexity index is 713. The zero-order chi connectivity index (χ0) is 18.4. The molecule has 1 amide bonds. The smallest absolute Gasteiger partial charge is 0.237 e. The van der Waals surface area contributed by atoms with Crippen LogP contribution in [0.4, 0.5) is 0 Å². The van der Waals surface area contributed by atoms with Gasteiger partial charge in [-0.2, -0.15) is 11.8 Å². The lowest BCUT2D eigenvalue weighted by Gasteiger charge is -2.22. The lowest BCUT2D eigenvalue weighted by Crippen LogP contribution is -2.48. The van der Waals surface area contributed by atoms with E-state index in [1.54, 1.807) is 6.33 Å². The first-order valence-corrected chi connectivity index (χ1v) is 10.4. The van der Waals surface area contributed by atoms with Crippen LogP contribution in [0, 0.1) is 0 Å². The number of rotatable bonds is 8. The highest BCUT2D eigenvalue weighted by Gasteiger charge is 2.29. The van der Waals surface area contributed by atoms with Gasteiger partial charge in [0.25, 0.3) is 0 Å². The third-order valence-electron chi connectivity index (χ3n) is 4.82. The Labute approximate surface area is 184 Å². The van der Waals surface area contributed by atoms with Gasteiger partial charge in [-0.1, -0.05) is 43.7 Å². The van der Waals surface area contributed by atoms with Crippen molar-refractivity contribution in [3.8, 4) is 0 Å². The van der Waals surface area contributed by atoms with Crippen molar-refractivity contribution in [1.82, 2.24) is 14.9 Å². The van der Waals surface area contributed by atoms with Crippen LogP contribution in [0.1, 0.15) is 37.4 Å². The van der Waals surface area contributed by atoms with Crippen LogP contribution in [0.3, 0.4) is 0 Å². The number of benzene rings is 1. The summed E-state index contributed by atoms with van der Waals surface area (Å²) in [6, 6.07) is 9.95. The Kier molecular flexibility index (Phi) is 11.0. The van der Waals surface area contributed by atoms with Crippen LogP contribution in [-0.2, 0) is 17.8 Å². The van der Waals surface area contributed by atoms with E-state index in [2.05, 4.69) is 29.4 Å². The van der Waals surface area contributed by atoms with Crippen LogP contribution in [0.25, 0.3) is 0 Å². The molecule has 28 heavy (non-hydrogen) atoms. The van der Waals surface area contributed by atoms with Gasteiger partial charge >= 0.3 is 0 Å². The number of hydrogen-bond acceptors (Lipinski definition) is 4. The number of thioether (sulfide) groups is 1. The van der Waals surface area contributed by atoms with Gasteiger partial charge in [-0.05, 0) is 24.2 Å². The quantitative estimate of drug-likeness (QED) is 0.653. The van der Waals surface area contributed by atoms with E-state index in [1.807, 2.05) is 40.7 Å². The van der Waals surface area contributed by atoms with E-state index in [1.165, 1.54) is 18.4 Å². The maximum absolute atomic E-state index is 12.5. The zero-order valence-electron chi connectivity index (χ0n) is 16.1. The van der Waals surface area contributed by atoms with E-state index in [-0.39, 0.29) is 36.8 Å². The number of halogens is 2. The fraction of sp³-hybridized carbons (Fsp3) is 0.500. The Morgan fingerprint density at radius 2 is 2.07 bits per heavy atom. The first-order valence-electron chi connectivity index (χ1n) is 9.38. The number of carbonyl (C=O) groups excluding carboxylic acids is 1. The molecule has 3 atom stereocenters. The summed E-state index contributed by atoms with van der Waals surface area (Å²) in [5.41, 5.74) is 8.22. The average molecular weight is 445 g/mol. The summed E-state index contributed by atoms with van der Waals surface area (Å²) in [7, 11) is 0. The van der Waals surface area contributed by atoms with Gasteiger partial charge in [-0.3, -0.25) is 4.79 Å². The van der Waals surface area contributed by atoms with E-state index in [0.717, 1.165) is 24.4 Å². The molecule has 3 rings (SSSR count). The number of nitrogens with two attached hydrogens (primary N) is 1. The summed E-state index contributed by atoms with van der Waals surface area (Å²) >= 11 is 1.94. The third kappa shape index (κ3) is 6.99. The Balaban J connectivity index is 0.00000196. The van der Waals surface area contributed by atoms with Gasteiger partial charge < -0.3 is 15.6 Å². The molecule has 8 heteroatoms. The van der Waals surface area contributed by atoms with Gasteiger partial charge in [0.1, 0.15) is 0 Å². The van der Waals surface area contributed by atoms with E-state index < -0.39 is 6.04 Å². The SMILES string of the molecule is CCSC1CCCC1NC(=O)[C@@H](N)Cc1cn(Cc2ccccc2)cn1.Cl.Cl. The lowest BCUT2D eigenvalue weighted by molar-refractivity contribution is -0.123. The highest BCUT2D eigenvalue weighted by molar-refractivity contribution is 7.99. The van der Waals surface area contributed by atoms with Crippen molar-refractivity contribution in [3.05, 3.63) is 54.1 Å². The summed E-state index contributed by atoms with van der Waals surface area (Å²) in [4.78, 5) is 16.9. The summed E-state index contributed by atoms with van der Waals surface area (Å²) in [5.74, 6) is 1.03. The molecule has 0 spiro atoms. The second-order valence-electron chi connectivity index (χ2n) is 6.87. The molecule has 0 saturated heterocycles. The summed E-state index contributed by atoms with van der Waals surface area (Å²) < 4.78 is 2.03. The zero-order valence-corrected chi connectivity index (χ0v) is 18.6. The number of nitrogens with one attached hydrogen (secondary N) is 1. The van der Waals surface area contributed by atoms with Crippen LogP contribution in [0.15, 0.2) is 42.9 Å². The monoisotopic (exact) mass is 444 g/mol. The molecule has 5 nitrogen and oxygen atoms in total. The number of aromatic nitrogens is 2. The van der Waals surface area contributed by atoms with E-state index >= 15 is 0 Å². The maximum atomic E-state index is 12.5. The predicted molar refractivity (Wildman–Crippen MR) is 122 cm³/mol. The van der Waals surface area contributed by atoms with Gasteiger partial charge in [0, 0.05) is 30.5 Å². The molecule has 1 aliphatic carbocycles. The number of hydrogen-bond donors (Lipinski definition) is 2. The van der Waals surface area contributed by atoms with Crippen LogP contribution in [0.2, 0.25) is 0 Å². The lowest BCUT2D eigenvalue weighted by atomic mass is 10.1. The second kappa shape index (κ2) is 12.4. The summed E-state index contributed by atoms with van der Waals surface area (Å²) in [5, 5.41) is 3.69. The molecule has 1 fully saturated rings. The fourth-order valence-corrected chi connectivity index (χ4v) is 4.70. The molecule has 1 aliphatic rings. The van der Waals surface area contributed by atoms with E-state index in [0.29, 0.717) is 11.7 Å². The molecule has 0 radical (unpaired) electrons. The van der Waals surface area contributed by atoms with Crippen molar-refractivity contribution >= 4 is 42.5 Å². The molecule has 0 bridgehead atoms. The van der Waals surface area contributed by atoms with Crippen LogP contribution >= 0.6 is 36.6 Å².